The van der Waals surface area contributed by atoms with Gasteiger partial charge in [0.2, 0.25) is 5.13 Å². The van der Waals surface area contributed by atoms with Gasteiger partial charge in [0.1, 0.15) is 9.90 Å². The second-order valence-electron chi connectivity index (χ2n) is 4.29. The molecule has 0 fully saturated rings. The largest absolute Gasteiger partial charge is 0.326 e. The van der Waals surface area contributed by atoms with Gasteiger partial charge >= 0.3 is 0 Å². The molecule has 6 nitrogen and oxygen atoms in total. The summed E-state index contributed by atoms with van der Waals surface area (Å²) in [6.45, 7) is 1.94. The quantitative estimate of drug-likeness (QED) is 0.759. The normalized spacial score (nSPS) is 11.9. The average Bonchev–Trinajstić information content (AvgIpc) is 3.01. The molecule has 0 aliphatic heterocycles. The maximum atomic E-state index is 12.6. The number of rotatable bonds is 4. The summed E-state index contributed by atoms with van der Waals surface area (Å²) in [6.07, 6.45) is 0. The van der Waals surface area contributed by atoms with Gasteiger partial charge in [-0.05, 0) is 13.0 Å². The average molecular weight is 340 g/mol. The minimum Gasteiger partial charge on any atom is -0.326 e. The van der Waals surface area contributed by atoms with Crippen molar-refractivity contribution in [1.82, 2.24) is 10.2 Å². The molecular weight excluding hydrogens is 328 g/mol. The molecule has 3 N–H and O–H groups in total. The molecule has 0 atom stereocenters. The number of benzene rings is 1. The molecule has 0 unspecified atom stereocenters. The number of anilines is 1. The Morgan fingerprint density at radius 2 is 2.00 bits per heavy atom. The van der Waals surface area contributed by atoms with E-state index in [4.69, 9.17) is 5.73 Å². The second kappa shape index (κ2) is 5.34. The minimum absolute atomic E-state index is 0.171. The third-order valence-corrected chi connectivity index (χ3v) is 6.49. The Morgan fingerprint density at radius 3 is 2.67 bits per heavy atom. The SMILES string of the molecule is Cc1nnc(NS(=O)(=O)c2c(CN)sc3ccccc23)s1. The molecule has 0 aliphatic carbocycles. The Bertz CT molecular complexity index is 898. The van der Waals surface area contributed by atoms with E-state index in [0.29, 0.717) is 15.3 Å². The van der Waals surface area contributed by atoms with Gasteiger partial charge in [0, 0.05) is 21.5 Å². The van der Waals surface area contributed by atoms with Gasteiger partial charge < -0.3 is 5.73 Å². The number of aryl methyl sites for hydroxylation is 1. The van der Waals surface area contributed by atoms with Crippen molar-refractivity contribution in [2.24, 2.45) is 5.73 Å². The number of sulfonamides is 1. The standard InChI is InChI=1S/C12H12N4O2S3/c1-7-14-15-12(19-7)16-21(17,18)11-8-4-2-3-5-9(8)20-10(11)6-13/h2-5H,6,13H2,1H3,(H,15,16). The molecule has 0 radical (unpaired) electrons. The van der Waals surface area contributed by atoms with E-state index in [9.17, 15) is 8.42 Å². The fraction of sp³-hybridized carbons (Fsp3) is 0.167. The van der Waals surface area contributed by atoms with E-state index in [1.807, 2.05) is 18.2 Å². The minimum atomic E-state index is -3.74. The predicted octanol–water partition coefficient (Wildman–Crippen LogP) is 2.32. The van der Waals surface area contributed by atoms with Crippen LogP contribution in [0.25, 0.3) is 10.1 Å². The highest BCUT2D eigenvalue weighted by molar-refractivity contribution is 7.93. The van der Waals surface area contributed by atoms with E-state index < -0.39 is 10.0 Å². The number of hydrogen-bond acceptors (Lipinski definition) is 7. The Morgan fingerprint density at radius 1 is 1.24 bits per heavy atom. The number of nitrogens with zero attached hydrogens (tertiary/aromatic N) is 2. The topological polar surface area (TPSA) is 98.0 Å². The van der Waals surface area contributed by atoms with Crippen LogP contribution in [0.2, 0.25) is 0 Å². The van der Waals surface area contributed by atoms with Gasteiger partial charge in [-0.15, -0.1) is 21.5 Å². The van der Waals surface area contributed by atoms with Gasteiger partial charge in [0.15, 0.2) is 0 Å². The first kappa shape index (κ1) is 14.4. The van der Waals surface area contributed by atoms with Crippen molar-refractivity contribution < 1.29 is 8.42 Å². The summed E-state index contributed by atoms with van der Waals surface area (Å²) in [5.41, 5.74) is 5.70. The zero-order chi connectivity index (χ0) is 15.0. The van der Waals surface area contributed by atoms with E-state index in [-0.39, 0.29) is 16.6 Å². The third kappa shape index (κ3) is 2.64. The highest BCUT2D eigenvalue weighted by atomic mass is 32.2. The molecule has 2 heterocycles. The van der Waals surface area contributed by atoms with Crippen molar-refractivity contribution in [2.45, 2.75) is 18.4 Å². The van der Waals surface area contributed by atoms with Crippen molar-refractivity contribution in [3.63, 3.8) is 0 Å². The number of nitrogens with two attached hydrogens (primary N) is 1. The van der Waals surface area contributed by atoms with Crippen LogP contribution in [-0.4, -0.2) is 18.6 Å². The highest BCUT2D eigenvalue weighted by Gasteiger charge is 2.25. The van der Waals surface area contributed by atoms with Crippen molar-refractivity contribution in [1.29, 1.82) is 0 Å². The number of fused-ring (bicyclic) bond motifs is 1. The summed E-state index contributed by atoms with van der Waals surface area (Å²) in [4.78, 5) is 0.864. The number of aromatic nitrogens is 2. The molecule has 1 aromatic carbocycles. The first-order valence-electron chi connectivity index (χ1n) is 6.04. The van der Waals surface area contributed by atoms with Crippen LogP contribution in [0.3, 0.4) is 0 Å². The zero-order valence-corrected chi connectivity index (χ0v) is 13.5. The van der Waals surface area contributed by atoms with E-state index >= 15 is 0 Å². The van der Waals surface area contributed by atoms with Crippen molar-refractivity contribution in [3.05, 3.63) is 34.2 Å². The van der Waals surface area contributed by atoms with Gasteiger partial charge in [0.25, 0.3) is 10.0 Å². The molecule has 0 spiro atoms. The Kier molecular flexibility index (Phi) is 3.66. The van der Waals surface area contributed by atoms with Crippen LogP contribution in [0.5, 0.6) is 0 Å². The lowest BCUT2D eigenvalue weighted by Gasteiger charge is -2.05. The molecule has 110 valence electrons. The van der Waals surface area contributed by atoms with Gasteiger partial charge in [0.05, 0.1) is 0 Å². The van der Waals surface area contributed by atoms with Crippen LogP contribution < -0.4 is 10.5 Å². The van der Waals surface area contributed by atoms with Crippen LogP contribution in [0, 0.1) is 6.92 Å². The first-order chi connectivity index (χ1) is 10.0. The van der Waals surface area contributed by atoms with Gasteiger partial charge in [-0.1, -0.05) is 29.5 Å². The van der Waals surface area contributed by atoms with E-state index in [1.165, 1.54) is 22.7 Å². The first-order valence-corrected chi connectivity index (χ1v) is 9.16. The maximum absolute atomic E-state index is 12.6. The zero-order valence-electron chi connectivity index (χ0n) is 11.0. The molecule has 2 aromatic heterocycles. The molecule has 9 heteroatoms. The molecule has 0 bridgehead atoms. The third-order valence-electron chi connectivity index (χ3n) is 2.82. The van der Waals surface area contributed by atoms with Gasteiger partial charge in [-0.25, -0.2) is 8.42 Å². The Balaban J connectivity index is 2.13. The van der Waals surface area contributed by atoms with Crippen LogP contribution >= 0.6 is 22.7 Å². The van der Waals surface area contributed by atoms with Gasteiger partial charge in [-0.2, -0.15) is 0 Å². The van der Waals surface area contributed by atoms with Crippen molar-refractivity contribution in [3.8, 4) is 0 Å². The molecule has 0 amide bonds. The highest BCUT2D eigenvalue weighted by Crippen LogP contribution is 2.35. The maximum Gasteiger partial charge on any atom is 0.265 e. The van der Waals surface area contributed by atoms with Crippen LogP contribution in [0.15, 0.2) is 29.2 Å². The molecule has 21 heavy (non-hydrogen) atoms. The molecular formula is C12H12N4O2S3. The monoisotopic (exact) mass is 340 g/mol. The summed E-state index contributed by atoms with van der Waals surface area (Å²) >= 11 is 2.58. The predicted molar refractivity (Wildman–Crippen MR) is 85.2 cm³/mol. The van der Waals surface area contributed by atoms with E-state index in [0.717, 1.165) is 4.70 Å². The molecule has 3 aromatic rings. The fourth-order valence-electron chi connectivity index (χ4n) is 2.01. The summed E-state index contributed by atoms with van der Waals surface area (Å²) in [6, 6.07) is 7.35. The smallest absolute Gasteiger partial charge is 0.265 e. The second-order valence-corrected chi connectivity index (χ2v) is 8.22. The summed E-state index contributed by atoms with van der Waals surface area (Å²) in [5.74, 6) is 0. The molecule has 0 aliphatic rings. The van der Waals surface area contributed by atoms with E-state index in [2.05, 4.69) is 14.9 Å². The lowest BCUT2D eigenvalue weighted by atomic mass is 10.2. The van der Waals surface area contributed by atoms with Crippen molar-refractivity contribution in [2.75, 3.05) is 4.72 Å². The summed E-state index contributed by atoms with van der Waals surface area (Å²) < 4.78 is 28.7. The number of thiophene rings is 1. The molecule has 0 saturated heterocycles. The van der Waals surface area contributed by atoms with Crippen LogP contribution in [0.1, 0.15) is 9.88 Å². The Labute approximate surface area is 129 Å². The van der Waals surface area contributed by atoms with Crippen LogP contribution in [0.4, 0.5) is 5.13 Å². The van der Waals surface area contributed by atoms with Gasteiger partial charge in [-0.3, -0.25) is 4.72 Å². The number of nitrogens with one attached hydrogen (secondary N) is 1. The summed E-state index contributed by atoms with van der Waals surface area (Å²) in [5, 5.41) is 9.23. The summed E-state index contributed by atoms with van der Waals surface area (Å²) in [7, 11) is -3.74. The van der Waals surface area contributed by atoms with Crippen molar-refractivity contribution >= 4 is 47.9 Å². The molecule has 3 rings (SSSR count). The molecule has 0 saturated carbocycles. The Hall–Kier alpha value is -1.55. The number of hydrogen-bond donors (Lipinski definition) is 2. The lowest BCUT2D eigenvalue weighted by molar-refractivity contribution is 0.601. The lowest BCUT2D eigenvalue weighted by Crippen LogP contribution is -2.15. The van der Waals surface area contributed by atoms with E-state index in [1.54, 1.807) is 13.0 Å². The fourth-order valence-corrected chi connectivity index (χ4v) is 5.66. The van der Waals surface area contributed by atoms with Crippen LogP contribution in [-0.2, 0) is 16.6 Å².